The molecule has 0 spiro atoms. The van der Waals surface area contributed by atoms with Crippen LogP contribution in [0, 0.1) is 11.7 Å². The number of carbonyl (C=O) groups is 2. The van der Waals surface area contributed by atoms with Gasteiger partial charge in [0.1, 0.15) is 30.0 Å². The van der Waals surface area contributed by atoms with Crippen molar-refractivity contribution in [3.05, 3.63) is 35.9 Å². The van der Waals surface area contributed by atoms with Crippen molar-refractivity contribution in [3.8, 4) is 5.75 Å². The van der Waals surface area contributed by atoms with E-state index < -0.39 is 47.6 Å². The summed E-state index contributed by atoms with van der Waals surface area (Å²) < 4.78 is 70.9. The summed E-state index contributed by atoms with van der Waals surface area (Å²) in [6, 6.07) is 3.22. The molecule has 3 aliphatic heterocycles. The van der Waals surface area contributed by atoms with Crippen LogP contribution in [0.5, 0.6) is 5.75 Å². The van der Waals surface area contributed by atoms with Crippen molar-refractivity contribution in [3.63, 3.8) is 0 Å². The standard InChI is InChI=1S/C26H29F4N5O5/c1-14(26(28,29)30)8-20(36)22-18(27)10-19-23(33-22)35(15-5-7-34(19)11-15)24(37)32-21-9-16(4-6-31-21)38-12-17-13-39-25(2,3)40-17/h4,6,9-10,14-15,17H,5,7-8,11-13H2,1-3H3,(H,31,32,37)/t14-,15-,17-/m0/s1. The highest BCUT2D eigenvalue weighted by Gasteiger charge is 2.42. The Morgan fingerprint density at radius 3 is 2.77 bits per heavy atom. The van der Waals surface area contributed by atoms with E-state index >= 15 is 0 Å². The predicted octanol–water partition coefficient (Wildman–Crippen LogP) is 4.55. The molecule has 10 nitrogen and oxygen atoms in total. The lowest BCUT2D eigenvalue weighted by atomic mass is 10.0. The molecule has 5 heterocycles. The van der Waals surface area contributed by atoms with Gasteiger partial charge in [-0.3, -0.25) is 15.0 Å². The van der Waals surface area contributed by atoms with Crippen molar-refractivity contribution in [2.75, 3.05) is 41.4 Å². The van der Waals surface area contributed by atoms with Crippen LogP contribution in [0.15, 0.2) is 24.4 Å². The van der Waals surface area contributed by atoms with E-state index in [1.807, 2.05) is 4.90 Å². The Labute approximate surface area is 227 Å². The lowest BCUT2D eigenvalue weighted by Gasteiger charge is -2.35. The van der Waals surface area contributed by atoms with Gasteiger partial charge in [-0.1, -0.05) is 6.92 Å². The predicted molar refractivity (Wildman–Crippen MR) is 135 cm³/mol. The second-order valence-electron chi connectivity index (χ2n) is 10.6. The van der Waals surface area contributed by atoms with E-state index in [1.54, 1.807) is 19.9 Å². The maximum Gasteiger partial charge on any atom is 0.391 e. The molecule has 0 saturated carbocycles. The second-order valence-corrected chi connectivity index (χ2v) is 10.6. The molecule has 2 bridgehead atoms. The third-order valence-electron chi connectivity index (χ3n) is 7.04. The Hall–Kier alpha value is -3.52. The summed E-state index contributed by atoms with van der Waals surface area (Å²) in [4.78, 5) is 37.5. The number of nitrogens with one attached hydrogen (secondary N) is 1. The van der Waals surface area contributed by atoms with Gasteiger partial charge < -0.3 is 19.1 Å². The Morgan fingerprint density at radius 1 is 1.30 bits per heavy atom. The van der Waals surface area contributed by atoms with Crippen LogP contribution < -0.4 is 19.9 Å². The molecule has 2 amide bonds. The summed E-state index contributed by atoms with van der Waals surface area (Å²) in [5.41, 5.74) is -0.446. The first-order chi connectivity index (χ1) is 18.8. The van der Waals surface area contributed by atoms with Gasteiger partial charge in [-0.05, 0) is 26.3 Å². The molecule has 0 radical (unpaired) electrons. The fourth-order valence-corrected chi connectivity index (χ4v) is 4.95. The normalized spacial score (nSPS) is 22.2. The lowest BCUT2D eigenvalue weighted by Crippen LogP contribution is -2.48. The van der Waals surface area contributed by atoms with E-state index in [1.165, 1.54) is 17.2 Å². The number of urea groups is 1. The first-order valence-corrected chi connectivity index (χ1v) is 12.9. The zero-order valence-corrected chi connectivity index (χ0v) is 22.1. The Morgan fingerprint density at radius 2 is 2.08 bits per heavy atom. The van der Waals surface area contributed by atoms with Crippen molar-refractivity contribution < 1.29 is 41.4 Å². The Kier molecular flexibility index (Phi) is 7.33. The highest BCUT2D eigenvalue weighted by molar-refractivity contribution is 6.05. The first-order valence-electron chi connectivity index (χ1n) is 12.9. The molecule has 3 aliphatic rings. The first kappa shape index (κ1) is 28.0. The van der Waals surface area contributed by atoms with Gasteiger partial charge >= 0.3 is 12.2 Å². The van der Waals surface area contributed by atoms with Crippen LogP contribution >= 0.6 is 0 Å². The molecule has 2 saturated heterocycles. The second kappa shape index (κ2) is 10.5. The van der Waals surface area contributed by atoms with Gasteiger partial charge in [0.25, 0.3) is 0 Å². The number of halogens is 4. The van der Waals surface area contributed by atoms with Gasteiger partial charge in [-0.2, -0.15) is 13.2 Å². The number of aromatic nitrogens is 2. The molecule has 2 fully saturated rings. The molecule has 1 N–H and O–H groups in total. The topological polar surface area (TPSA) is 106 Å². The van der Waals surface area contributed by atoms with Crippen LogP contribution in [0.1, 0.15) is 44.1 Å². The third kappa shape index (κ3) is 5.82. The van der Waals surface area contributed by atoms with E-state index in [0.717, 1.165) is 13.0 Å². The molecule has 0 aliphatic carbocycles. The zero-order valence-electron chi connectivity index (χ0n) is 22.1. The van der Waals surface area contributed by atoms with Gasteiger partial charge in [0.05, 0.1) is 24.3 Å². The highest BCUT2D eigenvalue weighted by atomic mass is 19.4. The number of hydrogen-bond donors (Lipinski definition) is 1. The Bertz CT molecular complexity index is 1310. The summed E-state index contributed by atoms with van der Waals surface area (Å²) >= 11 is 0. The van der Waals surface area contributed by atoms with Crippen molar-refractivity contribution in [1.82, 2.24) is 9.97 Å². The van der Waals surface area contributed by atoms with Crippen molar-refractivity contribution in [2.24, 2.45) is 5.92 Å². The molecule has 3 atom stereocenters. The number of nitrogens with zero attached hydrogens (tertiary/aromatic N) is 4. The van der Waals surface area contributed by atoms with E-state index in [0.29, 0.717) is 31.9 Å². The van der Waals surface area contributed by atoms with E-state index in [2.05, 4.69) is 15.3 Å². The molecule has 40 heavy (non-hydrogen) atoms. The van der Waals surface area contributed by atoms with Crippen LogP contribution in [-0.4, -0.2) is 72.2 Å². The SMILES string of the molecule is C[C@@H](CC(=O)c1nc2c(cc1F)N1CC[C@@H](C1)N2C(=O)Nc1cc(OC[C@H]2COC(C)(C)O2)ccn1)C(F)(F)F. The fraction of sp³-hybridized carbons (Fsp3) is 0.538. The van der Waals surface area contributed by atoms with E-state index in [9.17, 15) is 27.2 Å². The number of hydrogen-bond acceptors (Lipinski definition) is 8. The summed E-state index contributed by atoms with van der Waals surface area (Å²) in [5, 5.41) is 2.69. The fourth-order valence-electron chi connectivity index (χ4n) is 4.95. The molecule has 0 aromatic carbocycles. The minimum atomic E-state index is -4.61. The quantitative estimate of drug-likeness (QED) is 0.384. The number of amides is 2. The average Bonchev–Trinajstić information content (AvgIpc) is 3.45. The maximum absolute atomic E-state index is 14.9. The number of rotatable bonds is 7. The van der Waals surface area contributed by atoms with E-state index in [-0.39, 0.29) is 36.1 Å². The minimum absolute atomic E-state index is 0.00376. The van der Waals surface area contributed by atoms with Crippen LogP contribution in [0.3, 0.4) is 0 Å². The van der Waals surface area contributed by atoms with Gasteiger partial charge in [0, 0.05) is 37.8 Å². The molecular weight excluding hydrogens is 538 g/mol. The molecule has 0 unspecified atom stereocenters. The van der Waals surface area contributed by atoms with Gasteiger partial charge in [0.2, 0.25) is 0 Å². The molecule has 2 aromatic rings. The molecule has 14 heteroatoms. The van der Waals surface area contributed by atoms with Crippen molar-refractivity contribution in [2.45, 2.75) is 57.7 Å². The average molecular weight is 568 g/mol. The highest BCUT2D eigenvalue weighted by Crippen LogP contribution is 2.40. The molecule has 216 valence electrons. The van der Waals surface area contributed by atoms with Crippen LogP contribution in [0.2, 0.25) is 0 Å². The number of alkyl halides is 3. The Balaban J connectivity index is 1.34. The number of anilines is 3. The monoisotopic (exact) mass is 567 g/mol. The summed E-state index contributed by atoms with van der Waals surface area (Å²) in [6.07, 6.45) is -3.84. The van der Waals surface area contributed by atoms with Crippen molar-refractivity contribution >= 4 is 29.1 Å². The number of carbonyl (C=O) groups excluding carboxylic acids is 2. The van der Waals surface area contributed by atoms with E-state index in [4.69, 9.17) is 14.2 Å². The van der Waals surface area contributed by atoms with Gasteiger partial charge in [-0.25, -0.2) is 19.2 Å². The summed E-state index contributed by atoms with van der Waals surface area (Å²) in [6.45, 7) is 5.99. The zero-order chi connectivity index (χ0) is 28.8. The number of pyridine rings is 2. The largest absolute Gasteiger partial charge is 0.491 e. The van der Waals surface area contributed by atoms with Crippen LogP contribution in [0.4, 0.5) is 39.7 Å². The smallest absolute Gasteiger partial charge is 0.391 e. The number of ketones is 1. The van der Waals surface area contributed by atoms with Crippen LogP contribution in [0.25, 0.3) is 0 Å². The lowest BCUT2D eigenvalue weighted by molar-refractivity contribution is -0.168. The summed E-state index contributed by atoms with van der Waals surface area (Å²) in [5.74, 6) is -4.19. The number of fused-ring (bicyclic) bond motifs is 4. The molecular formula is C26H29F4N5O5. The third-order valence-corrected chi connectivity index (χ3v) is 7.04. The van der Waals surface area contributed by atoms with Crippen molar-refractivity contribution in [1.29, 1.82) is 0 Å². The van der Waals surface area contributed by atoms with Gasteiger partial charge in [0.15, 0.2) is 23.2 Å². The maximum atomic E-state index is 14.9. The minimum Gasteiger partial charge on any atom is -0.491 e. The molecule has 2 aromatic heterocycles. The number of ether oxygens (including phenoxy) is 3. The van der Waals surface area contributed by atoms with Gasteiger partial charge in [-0.15, -0.1) is 0 Å². The van der Waals surface area contributed by atoms with Crippen LogP contribution in [-0.2, 0) is 9.47 Å². The molecule has 5 rings (SSSR count). The summed E-state index contributed by atoms with van der Waals surface area (Å²) in [7, 11) is 0. The number of Topliss-reactive ketones (excluding diaryl/α,β-unsaturated/α-hetero) is 1.